The summed E-state index contributed by atoms with van der Waals surface area (Å²) >= 11 is 0. The van der Waals surface area contributed by atoms with Crippen molar-refractivity contribution in [1.29, 1.82) is 0 Å². The van der Waals surface area contributed by atoms with Crippen LogP contribution in [-0.4, -0.2) is 44.6 Å². The van der Waals surface area contributed by atoms with E-state index < -0.39 is 17.1 Å². The summed E-state index contributed by atoms with van der Waals surface area (Å²) in [4.78, 5) is 33.5. The van der Waals surface area contributed by atoms with E-state index in [1.54, 1.807) is 20.8 Å². The Bertz CT molecular complexity index is 607. The van der Waals surface area contributed by atoms with Crippen molar-refractivity contribution in [1.82, 2.24) is 14.9 Å². The largest absolute Gasteiger partial charge is 0.389 e. The maximum Gasteiger partial charge on any atom is 0.264 e. The second-order valence-corrected chi connectivity index (χ2v) is 7.26. The van der Waals surface area contributed by atoms with E-state index in [-0.39, 0.29) is 17.5 Å². The van der Waals surface area contributed by atoms with Gasteiger partial charge in [-0.05, 0) is 27.7 Å². The van der Waals surface area contributed by atoms with Crippen LogP contribution in [0, 0.1) is 6.92 Å². The summed E-state index contributed by atoms with van der Waals surface area (Å²) in [5.74, 6) is 0.147. The quantitative estimate of drug-likeness (QED) is 0.884. The number of amides is 1. The number of nitrogens with zero attached hydrogens (tertiary/aromatic N) is 2. The van der Waals surface area contributed by atoms with E-state index in [9.17, 15) is 14.7 Å². The summed E-state index contributed by atoms with van der Waals surface area (Å²) in [6, 6.07) is 0. The predicted octanol–water partition coefficient (Wildman–Crippen LogP) is 1.61. The molecule has 1 heterocycles. The van der Waals surface area contributed by atoms with Crippen LogP contribution in [0.1, 0.15) is 63.4 Å². The first-order chi connectivity index (χ1) is 9.86. The molecule has 0 bridgehead atoms. The predicted molar refractivity (Wildman–Crippen MR) is 86.2 cm³/mol. The Morgan fingerprint density at radius 3 is 2.18 bits per heavy atom. The second kappa shape index (κ2) is 6.20. The highest BCUT2D eigenvalue weighted by atomic mass is 16.3. The van der Waals surface area contributed by atoms with Gasteiger partial charge in [0, 0.05) is 18.5 Å². The standard InChI is InChI=1S/C16H27N3O3/c1-8-19(9-16(6,7)22)13(21)11-10(2)17-14(15(3,4)5)18-12(11)20/h22H,8-9H2,1-7H3,(H,17,18,20). The van der Waals surface area contributed by atoms with E-state index in [1.807, 2.05) is 27.7 Å². The van der Waals surface area contributed by atoms with Crippen LogP contribution < -0.4 is 5.56 Å². The van der Waals surface area contributed by atoms with E-state index >= 15 is 0 Å². The molecule has 0 atom stereocenters. The summed E-state index contributed by atoms with van der Waals surface area (Å²) in [7, 11) is 0. The molecule has 0 spiro atoms. The summed E-state index contributed by atoms with van der Waals surface area (Å²) in [6.45, 7) is 13.1. The molecule has 6 heteroatoms. The first kappa shape index (κ1) is 18.4. The van der Waals surface area contributed by atoms with Gasteiger partial charge in [-0.25, -0.2) is 4.98 Å². The molecule has 1 rings (SSSR count). The lowest BCUT2D eigenvalue weighted by molar-refractivity contribution is 0.0313. The Morgan fingerprint density at radius 1 is 1.27 bits per heavy atom. The van der Waals surface area contributed by atoms with Gasteiger partial charge in [-0.15, -0.1) is 0 Å². The van der Waals surface area contributed by atoms with Crippen LogP contribution in [0.15, 0.2) is 4.79 Å². The summed E-state index contributed by atoms with van der Waals surface area (Å²) in [5.41, 5.74) is -1.31. The third kappa shape index (κ3) is 4.40. The maximum atomic E-state index is 12.6. The average Bonchev–Trinajstić information content (AvgIpc) is 2.32. The number of carbonyl (C=O) groups excluding carboxylic acids is 1. The van der Waals surface area contributed by atoms with Gasteiger partial charge in [0.1, 0.15) is 11.4 Å². The molecule has 22 heavy (non-hydrogen) atoms. The van der Waals surface area contributed by atoms with Crippen LogP contribution in [0.25, 0.3) is 0 Å². The van der Waals surface area contributed by atoms with Gasteiger partial charge in [-0.3, -0.25) is 9.59 Å². The van der Waals surface area contributed by atoms with E-state index in [1.165, 1.54) is 4.90 Å². The molecule has 0 radical (unpaired) electrons. The number of aromatic nitrogens is 2. The van der Waals surface area contributed by atoms with Gasteiger partial charge in [-0.1, -0.05) is 20.8 Å². The molecule has 6 nitrogen and oxygen atoms in total. The maximum absolute atomic E-state index is 12.6. The van der Waals surface area contributed by atoms with Crippen molar-refractivity contribution in [2.45, 2.75) is 59.5 Å². The first-order valence-corrected chi connectivity index (χ1v) is 7.50. The normalized spacial score (nSPS) is 12.4. The summed E-state index contributed by atoms with van der Waals surface area (Å²) in [6.07, 6.45) is 0. The van der Waals surface area contributed by atoms with E-state index in [4.69, 9.17) is 0 Å². The molecule has 0 unspecified atom stereocenters. The number of aryl methyl sites for hydroxylation is 1. The number of likely N-dealkylation sites (N-methyl/N-ethyl adjacent to an activating group) is 1. The molecule has 1 aromatic rings. The molecule has 0 aliphatic carbocycles. The number of hydrogen-bond acceptors (Lipinski definition) is 4. The van der Waals surface area contributed by atoms with Gasteiger partial charge >= 0.3 is 0 Å². The summed E-state index contributed by atoms with van der Waals surface area (Å²) in [5, 5.41) is 9.91. The van der Waals surface area contributed by atoms with Crippen molar-refractivity contribution in [3.05, 3.63) is 27.4 Å². The molecule has 0 saturated carbocycles. The molecule has 1 amide bonds. The van der Waals surface area contributed by atoms with Crippen molar-refractivity contribution in [2.75, 3.05) is 13.1 Å². The molecular formula is C16H27N3O3. The molecule has 0 fully saturated rings. The summed E-state index contributed by atoms with van der Waals surface area (Å²) < 4.78 is 0. The van der Waals surface area contributed by atoms with Gasteiger partial charge in [0.2, 0.25) is 0 Å². The highest BCUT2D eigenvalue weighted by molar-refractivity contribution is 5.94. The fraction of sp³-hybridized carbons (Fsp3) is 0.688. The van der Waals surface area contributed by atoms with Gasteiger partial charge < -0.3 is 15.0 Å². The topological polar surface area (TPSA) is 86.3 Å². The van der Waals surface area contributed by atoms with Crippen LogP contribution in [-0.2, 0) is 5.41 Å². The third-order valence-corrected chi connectivity index (χ3v) is 3.27. The lowest BCUT2D eigenvalue weighted by Crippen LogP contribution is -2.44. The fourth-order valence-electron chi connectivity index (χ4n) is 2.15. The minimum absolute atomic E-state index is 0.0408. The van der Waals surface area contributed by atoms with Crippen LogP contribution in [0.2, 0.25) is 0 Å². The van der Waals surface area contributed by atoms with Crippen molar-refractivity contribution < 1.29 is 9.90 Å². The number of H-pyrrole nitrogens is 1. The molecule has 2 N–H and O–H groups in total. The number of nitrogens with one attached hydrogen (secondary N) is 1. The van der Waals surface area contributed by atoms with Crippen molar-refractivity contribution in [3.63, 3.8) is 0 Å². The Kier molecular flexibility index (Phi) is 5.18. The van der Waals surface area contributed by atoms with E-state index in [0.717, 1.165) is 0 Å². The van der Waals surface area contributed by atoms with Crippen LogP contribution in [0.3, 0.4) is 0 Å². The average molecular weight is 309 g/mol. The highest BCUT2D eigenvalue weighted by Gasteiger charge is 2.27. The van der Waals surface area contributed by atoms with Gasteiger partial charge in [0.25, 0.3) is 11.5 Å². The number of rotatable bonds is 4. The van der Waals surface area contributed by atoms with Gasteiger partial charge in [0.05, 0.1) is 11.3 Å². The van der Waals surface area contributed by atoms with Crippen LogP contribution >= 0.6 is 0 Å². The highest BCUT2D eigenvalue weighted by Crippen LogP contribution is 2.18. The zero-order chi connectivity index (χ0) is 17.3. The van der Waals surface area contributed by atoms with E-state index in [2.05, 4.69) is 9.97 Å². The number of aromatic amines is 1. The van der Waals surface area contributed by atoms with Gasteiger partial charge in [0.15, 0.2) is 0 Å². The molecule has 0 aromatic carbocycles. The molecule has 0 aliphatic heterocycles. The zero-order valence-electron chi connectivity index (χ0n) is 14.6. The Morgan fingerprint density at radius 2 is 1.82 bits per heavy atom. The zero-order valence-corrected chi connectivity index (χ0v) is 14.6. The SMILES string of the molecule is CCN(CC(C)(C)O)C(=O)c1c(C)nc(C(C)(C)C)[nH]c1=O. The van der Waals surface area contributed by atoms with Gasteiger partial charge in [-0.2, -0.15) is 0 Å². The van der Waals surface area contributed by atoms with E-state index in [0.29, 0.717) is 18.1 Å². The van der Waals surface area contributed by atoms with Crippen molar-refractivity contribution in [2.24, 2.45) is 0 Å². The Balaban J connectivity index is 3.27. The monoisotopic (exact) mass is 309 g/mol. The molecule has 0 aliphatic rings. The lowest BCUT2D eigenvalue weighted by Gasteiger charge is -2.28. The molecule has 1 aromatic heterocycles. The van der Waals surface area contributed by atoms with Crippen LogP contribution in [0.4, 0.5) is 0 Å². The third-order valence-electron chi connectivity index (χ3n) is 3.27. The lowest BCUT2D eigenvalue weighted by atomic mass is 9.95. The number of hydrogen-bond donors (Lipinski definition) is 2. The minimum Gasteiger partial charge on any atom is -0.389 e. The minimum atomic E-state index is -1.02. The Hall–Kier alpha value is -1.69. The smallest absolute Gasteiger partial charge is 0.264 e. The molecule has 124 valence electrons. The first-order valence-electron chi connectivity index (χ1n) is 7.50. The second-order valence-electron chi connectivity index (χ2n) is 7.26. The number of aliphatic hydroxyl groups is 1. The fourth-order valence-corrected chi connectivity index (χ4v) is 2.15. The van der Waals surface area contributed by atoms with Crippen molar-refractivity contribution in [3.8, 4) is 0 Å². The Labute approximate surface area is 131 Å². The van der Waals surface area contributed by atoms with Crippen LogP contribution in [0.5, 0.6) is 0 Å². The molecule has 0 saturated heterocycles. The number of carbonyl (C=O) groups is 1. The van der Waals surface area contributed by atoms with Crippen molar-refractivity contribution >= 4 is 5.91 Å². The molecular weight excluding hydrogens is 282 g/mol.